The summed E-state index contributed by atoms with van der Waals surface area (Å²) in [4.78, 5) is 0. The fourth-order valence-electron chi connectivity index (χ4n) is 1.95. The van der Waals surface area contributed by atoms with Gasteiger partial charge in [-0.25, -0.2) is 0 Å². The maximum atomic E-state index is 12.1. The van der Waals surface area contributed by atoms with Crippen LogP contribution in [0, 0.1) is 10.5 Å². The van der Waals surface area contributed by atoms with E-state index in [1.165, 1.54) is 9.13 Å². The number of halogens is 3. The molecule has 5 heteroatoms. The summed E-state index contributed by atoms with van der Waals surface area (Å²) in [7, 11) is 0. The van der Waals surface area contributed by atoms with Crippen LogP contribution in [0.4, 0.5) is 14.5 Å². The number of nitrogens with one attached hydrogen (secondary N) is 1. The smallest absolute Gasteiger partial charge is 0.387 e. The summed E-state index contributed by atoms with van der Waals surface area (Å²) in [5, 5.41) is 3.39. The van der Waals surface area contributed by atoms with Gasteiger partial charge in [0.2, 0.25) is 0 Å². The minimum absolute atomic E-state index is 0.0732. The van der Waals surface area contributed by atoms with Crippen molar-refractivity contribution in [1.82, 2.24) is 0 Å². The zero-order valence-corrected chi connectivity index (χ0v) is 13.9. The molecular weight excluding hydrogens is 387 g/mol. The number of alkyl halides is 2. The highest BCUT2D eigenvalue weighted by Crippen LogP contribution is 2.24. The number of ether oxygens (including phenoxy) is 1. The molecule has 2 aromatic carbocycles. The fourth-order valence-corrected chi connectivity index (χ4v) is 2.47. The molecule has 0 aromatic heterocycles. The standard InChI is InChI=1S/C16H16F2INO/c1-10-3-6-13(9-15(10)19)20-11(2)12-4-7-14(8-5-12)21-16(17)18/h3-9,11,16,20H,1-2H3. The molecule has 2 aromatic rings. The molecule has 0 aliphatic carbocycles. The summed E-state index contributed by atoms with van der Waals surface area (Å²) in [6.07, 6.45) is 0. The van der Waals surface area contributed by atoms with Gasteiger partial charge in [-0.3, -0.25) is 0 Å². The lowest BCUT2D eigenvalue weighted by Crippen LogP contribution is -2.07. The molecule has 0 radical (unpaired) electrons. The zero-order valence-electron chi connectivity index (χ0n) is 11.7. The van der Waals surface area contributed by atoms with Gasteiger partial charge in [-0.05, 0) is 71.8 Å². The Morgan fingerprint density at radius 2 is 1.76 bits per heavy atom. The second-order valence-electron chi connectivity index (χ2n) is 4.78. The molecule has 2 nitrogen and oxygen atoms in total. The quantitative estimate of drug-likeness (QED) is 0.678. The summed E-state index contributed by atoms with van der Waals surface area (Å²) >= 11 is 2.30. The van der Waals surface area contributed by atoms with Crippen molar-refractivity contribution in [3.63, 3.8) is 0 Å². The highest BCUT2D eigenvalue weighted by Gasteiger charge is 2.08. The van der Waals surface area contributed by atoms with Crippen LogP contribution in [0.25, 0.3) is 0 Å². The first-order valence-electron chi connectivity index (χ1n) is 6.53. The van der Waals surface area contributed by atoms with Gasteiger partial charge in [-0.15, -0.1) is 0 Å². The topological polar surface area (TPSA) is 21.3 Å². The molecule has 0 saturated carbocycles. The van der Waals surface area contributed by atoms with Crippen molar-refractivity contribution in [2.75, 3.05) is 5.32 Å². The van der Waals surface area contributed by atoms with Crippen LogP contribution in [0.3, 0.4) is 0 Å². The van der Waals surface area contributed by atoms with Crippen LogP contribution in [0.5, 0.6) is 5.75 Å². The predicted octanol–water partition coefficient (Wildman–Crippen LogP) is 5.37. The van der Waals surface area contributed by atoms with Crippen LogP contribution in [-0.2, 0) is 0 Å². The van der Waals surface area contributed by atoms with Gasteiger partial charge in [0.1, 0.15) is 5.75 Å². The predicted molar refractivity (Wildman–Crippen MR) is 89.0 cm³/mol. The molecule has 1 N–H and O–H groups in total. The third-order valence-corrected chi connectivity index (χ3v) is 4.32. The first kappa shape index (κ1) is 16.0. The number of hydrogen-bond acceptors (Lipinski definition) is 2. The maximum absolute atomic E-state index is 12.1. The Morgan fingerprint density at radius 3 is 2.33 bits per heavy atom. The first-order chi connectivity index (χ1) is 9.95. The van der Waals surface area contributed by atoms with Crippen molar-refractivity contribution in [3.05, 3.63) is 57.2 Å². The molecule has 21 heavy (non-hydrogen) atoms. The molecule has 0 aliphatic rings. The molecule has 112 valence electrons. The van der Waals surface area contributed by atoms with Gasteiger partial charge in [0.05, 0.1) is 0 Å². The molecule has 0 fully saturated rings. The average molecular weight is 403 g/mol. The number of aryl methyl sites for hydroxylation is 1. The van der Waals surface area contributed by atoms with Crippen LogP contribution in [0.1, 0.15) is 24.1 Å². The Morgan fingerprint density at radius 1 is 1.10 bits per heavy atom. The second-order valence-corrected chi connectivity index (χ2v) is 5.94. The highest BCUT2D eigenvalue weighted by atomic mass is 127. The van der Waals surface area contributed by atoms with E-state index < -0.39 is 6.61 Å². The van der Waals surface area contributed by atoms with E-state index in [4.69, 9.17) is 0 Å². The summed E-state index contributed by atoms with van der Waals surface area (Å²) in [5.41, 5.74) is 3.28. The Kier molecular flexibility index (Phi) is 5.39. The van der Waals surface area contributed by atoms with E-state index in [1.807, 2.05) is 13.0 Å². The molecule has 0 aliphatic heterocycles. The molecule has 0 amide bonds. The molecule has 0 spiro atoms. The van der Waals surface area contributed by atoms with E-state index in [0.29, 0.717) is 0 Å². The monoisotopic (exact) mass is 403 g/mol. The molecular formula is C16H16F2INO. The number of hydrogen-bond donors (Lipinski definition) is 1. The molecule has 1 unspecified atom stereocenters. The summed E-state index contributed by atoms with van der Waals surface area (Å²) in [5.74, 6) is 0.172. The average Bonchev–Trinajstić information content (AvgIpc) is 2.43. The molecule has 2 rings (SSSR count). The van der Waals surface area contributed by atoms with Crippen molar-refractivity contribution in [1.29, 1.82) is 0 Å². The van der Waals surface area contributed by atoms with Gasteiger partial charge in [-0.2, -0.15) is 8.78 Å². The van der Waals surface area contributed by atoms with Crippen molar-refractivity contribution in [3.8, 4) is 5.75 Å². The normalized spacial score (nSPS) is 12.3. The lowest BCUT2D eigenvalue weighted by atomic mass is 10.1. The maximum Gasteiger partial charge on any atom is 0.387 e. The molecule has 0 heterocycles. The third-order valence-electron chi connectivity index (χ3n) is 3.16. The van der Waals surface area contributed by atoms with Gasteiger partial charge in [0.15, 0.2) is 0 Å². The Labute approximate surface area is 136 Å². The summed E-state index contributed by atoms with van der Waals surface area (Å²) in [6.45, 7) is 1.30. The van der Waals surface area contributed by atoms with E-state index >= 15 is 0 Å². The van der Waals surface area contributed by atoms with Crippen LogP contribution < -0.4 is 10.1 Å². The fraction of sp³-hybridized carbons (Fsp3) is 0.250. The molecule has 0 bridgehead atoms. The van der Waals surface area contributed by atoms with E-state index in [1.54, 1.807) is 24.3 Å². The first-order valence-corrected chi connectivity index (χ1v) is 7.61. The number of anilines is 1. The van der Waals surface area contributed by atoms with Crippen LogP contribution in [0.15, 0.2) is 42.5 Å². The minimum atomic E-state index is -2.79. The number of benzene rings is 2. The summed E-state index contributed by atoms with van der Waals surface area (Å²) < 4.78 is 29.7. The van der Waals surface area contributed by atoms with Gasteiger partial charge >= 0.3 is 6.61 Å². The van der Waals surface area contributed by atoms with Gasteiger partial charge in [0, 0.05) is 15.3 Å². The van der Waals surface area contributed by atoms with Crippen molar-refractivity contribution in [2.45, 2.75) is 26.5 Å². The highest BCUT2D eigenvalue weighted by molar-refractivity contribution is 14.1. The Balaban J connectivity index is 2.05. The Hall–Kier alpha value is -1.37. The van der Waals surface area contributed by atoms with E-state index in [9.17, 15) is 8.78 Å². The zero-order chi connectivity index (χ0) is 15.4. The van der Waals surface area contributed by atoms with E-state index in [0.717, 1.165) is 11.3 Å². The lowest BCUT2D eigenvalue weighted by Gasteiger charge is -2.17. The third kappa shape index (κ3) is 4.56. The van der Waals surface area contributed by atoms with Crippen molar-refractivity contribution < 1.29 is 13.5 Å². The van der Waals surface area contributed by atoms with E-state index in [2.05, 4.69) is 51.7 Å². The van der Waals surface area contributed by atoms with Crippen LogP contribution in [-0.4, -0.2) is 6.61 Å². The Bertz CT molecular complexity index is 602. The minimum Gasteiger partial charge on any atom is -0.435 e. The van der Waals surface area contributed by atoms with Gasteiger partial charge < -0.3 is 10.1 Å². The summed E-state index contributed by atoms with van der Waals surface area (Å²) in [6, 6.07) is 12.9. The van der Waals surface area contributed by atoms with Crippen molar-refractivity contribution in [2.24, 2.45) is 0 Å². The van der Waals surface area contributed by atoms with Crippen LogP contribution >= 0.6 is 22.6 Å². The van der Waals surface area contributed by atoms with Crippen LogP contribution in [0.2, 0.25) is 0 Å². The lowest BCUT2D eigenvalue weighted by molar-refractivity contribution is -0.0498. The molecule has 1 atom stereocenters. The largest absolute Gasteiger partial charge is 0.435 e. The molecule has 0 saturated heterocycles. The van der Waals surface area contributed by atoms with Gasteiger partial charge in [0.25, 0.3) is 0 Å². The second kappa shape index (κ2) is 7.06. The SMILES string of the molecule is Cc1ccc(NC(C)c2ccc(OC(F)F)cc2)cc1I. The van der Waals surface area contributed by atoms with E-state index in [-0.39, 0.29) is 11.8 Å². The van der Waals surface area contributed by atoms with Crippen molar-refractivity contribution >= 4 is 28.3 Å². The van der Waals surface area contributed by atoms with Gasteiger partial charge in [-0.1, -0.05) is 18.2 Å². The number of rotatable bonds is 5.